The quantitative estimate of drug-likeness (QED) is 0.531. The number of ether oxygens (including phenoxy) is 1. The van der Waals surface area contributed by atoms with Gasteiger partial charge < -0.3 is 9.64 Å². The van der Waals surface area contributed by atoms with E-state index in [1.165, 1.54) is 18.4 Å². The number of hydrogen-bond acceptors (Lipinski definition) is 7. The Morgan fingerprint density at radius 2 is 1.86 bits per heavy atom. The summed E-state index contributed by atoms with van der Waals surface area (Å²) in [6.07, 6.45) is 1.09. The molecule has 2 aromatic rings. The minimum Gasteiger partial charge on any atom is -0.494 e. The number of likely N-dealkylation sites (N-methyl/N-ethyl adjacent to an activating group) is 2. The molecule has 0 saturated carbocycles. The zero-order valence-corrected chi connectivity index (χ0v) is 19.3. The number of benzene rings is 1. The van der Waals surface area contributed by atoms with Crippen LogP contribution in [-0.2, 0) is 14.8 Å². The number of thiazole rings is 1. The summed E-state index contributed by atoms with van der Waals surface area (Å²) >= 11 is 1.40. The fraction of sp³-hybridized carbons (Fsp3) is 0.579. The van der Waals surface area contributed by atoms with Crippen molar-refractivity contribution in [2.75, 3.05) is 57.5 Å². The van der Waals surface area contributed by atoms with Crippen molar-refractivity contribution in [2.45, 2.75) is 20.8 Å². The van der Waals surface area contributed by atoms with Crippen molar-refractivity contribution in [3.63, 3.8) is 0 Å². The second-order valence-electron chi connectivity index (χ2n) is 6.65. The number of fused-ring (bicyclic) bond motifs is 1. The Bertz CT molecular complexity index is 925. The molecule has 8 nitrogen and oxygen atoms in total. The highest BCUT2D eigenvalue weighted by molar-refractivity contribution is 7.88. The van der Waals surface area contributed by atoms with E-state index in [9.17, 15) is 13.2 Å². The Balaban J connectivity index is 2.32. The number of hydrogen-bond donors (Lipinski definition) is 0. The fourth-order valence-electron chi connectivity index (χ4n) is 2.77. The second-order valence-corrected chi connectivity index (χ2v) is 9.75. The van der Waals surface area contributed by atoms with E-state index in [0.717, 1.165) is 39.6 Å². The number of carbonyl (C=O) groups is 1. The lowest BCUT2D eigenvalue weighted by Crippen LogP contribution is -2.44. The molecule has 10 heteroatoms. The summed E-state index contributed by atoms with van der Waals surface area (Å²) in [5, 5.41) is 0.563. The summed E-state index contributed by atoms with van der Waals surface area (Å²) in [7, 11) is -2.04. The Kier molecular flexibility index (Phi) is 8.38. The molecule has 1 aromatic carbocycles. The molecule has 0 fully saturated rings. The number of rotatable bonds is 11. The number of aromatic nitrogens is 1. The van der Waals surface area contributed by atoms with Gasteiger partial charge >= 0.3 is 0 Å². The van der Waals surface area contributed by atoms with Gasteiger partial charge in [0.05, 0.1) is 29.6 Å². The first kappa shape index (κ1) is 23.5. The predicted octanol–water partition coefficient (Wildman–Crippen LogP) is 2.26. The van der Waals surface area contributed by atoms with Gasteiger partial charge in [0.15, 0.2) is 5.13 Å². The lowest BCUT2D eigenvalue weighted by Gasteiger charge is -2.26. The van der Waals surface area contributed by atoms with Crippen LogP contribution in [0.1, 0.15) is 20.8 Å². The van der Waals surface area contributed by atoms with Crippen molar-refractivity contribution < 1.29 is 17.9 Å². The topological polar surface area (TPSA) is 83.1 Å². The van der Waals surface area contributed by atoms with E-state index in [4.69, 9.17) is 4.74 Å². The first-order chi connectivity index (χ1) is 13.7. The molecule has 0 aliphatic rings. The van der Waals surface area contributed by atoms with E-state index in [1.54, 1.807) is 4.90 Å². The van der Waals surface area contributed by atoms with E-state index in [0.29, 0.717) is 24.8 Å². The minimum absolute atomic E-state index is 0.225. The lowest BCUT2D eigenvalue weighted by atomic mass is 10.3. The third kappa shape index (κ3) is 6.36. The average molecular weight is 443 g/mol. The maximum Gasteiger partial charge on any atom is 0.244 e. The average Bonchev–Trinajstić information content (AvgIpc) is 3.07. The Morgan fingerprint density at radius 1 is 1.17 bits per heavy atom. The molecule has 0 atom stereocenters. The van der Waals surface area contributed by atoms with Gasteiger partial charge in [0.1, 0.15) is 5.75 Å². The number of carbonyl (C=O) groups excluding carboxylic acids is 1. The van der Waals surface area contributed by atoms with Gasteiger partial charge in [0.2, 0.25) is 15.9 Å². The second kappa shape index (κ2) is 10.3. The fourth-order valence-corrected chi connectivity index (χ4v) is 4.15. The van der Waals surface area contributed by atoms with Gasteiger partial charge in [-0.15, -0.1) is 0 Å². The van der Waals surface area contributed by atoms with Gasteiger partial charge in [-0.3, -0.25) is 9.69 Å². The van der Waals surface area contributed by atoms with Crippen LogP contribution in [0, 0.1) is 0 Å². The largest absolute Gasteiger partial charge is 0.494 e. The molecule has 1 heterocycles. The van der Waals surface area contributed by atoms with Crippen LogP contribution in [0.15, 0.2) is 18.2 Å². The van der Waals surface area contributed by atoms with Crippen LogP contribution in [0.3, 0.4) is 0 Å². The number of anilines is 1. The Labute approximate surface area is 177 Å². The maximum absolute atomic E-state index is 13.0. The zero-order chi connectivity index (χ0) is 21.6. The monoisotopic (exact) mass is 442 g/mol. The standard InChI is InChI=1S/C19H30N4O4S2/c1-6-22(7-2)11-12-23(18(24)14-21(4)29(5,25)26)19-20-16-10-9-15(27-8-3)13-17(16)28-19/h9-10,13H,6-8,11-12,14H2,1-5H3. The van der Waals surface area contributed by atoms with Gasteiger partial charge in [-0.05, 0) is 38.2 Å². The lowest BCUT2D eigenvalue weighted by molar-refractivity contribution is -0.118. The zero-order valence-electron chi connectivity index (χ0n) is 17.7. The first-order valence-electron chi connectivity index (χ1n) is 9.67. The third-order valence-corrected chi connectivity index (χ3v) is 6.95. The van der Waals surface area contributed by atoms with Gasteiger partial charge in [-0.2, -0.15) is 4.31 Å². The number of amides is 1. The van der Waals surface area contributed by atoms with Crippen molar-refractivity contribution in [3.05, 3.63) is 18.2 Å². The molecular weight excluding hydrogens is 412 g/mol. The van der Waals surface area contributed by atoms with Crippen molar-refractivity contribution >= 4 is 42.6 Å². The summed E-state index contributed by atoms with van der Waals surface area (Å²) in [4.78, 5) is 21.4. The minimum atomic E-state index is -3.45. The summed E-state index contributed by atoms with van der Waals surface area (Å²) in [6, 6.07) is 5.64. The molecule has 0 unspecified atom stereocenters. The molecule has 29 heavy (non-hydrogen) atoms. The Morgan fingerprint density at radius 3 is 2.45 bits per heavy atom. The van der Waals surface area contributed by atoms with Gasteiger partial charge in [-0.1, -0.05) is 25.2 Å². The molecule has 0 N–H and O–H groups in total. The van der Waals surface area contributed by atoms with E-state index in [1.807, 2.05) is 25.1 Å². The van der Waals surface area contributed by atoms with Crippen LogP contribution in [0.4, 0.5) is 5.13 Å². The highest BCUT2D eigenvalue weighted by Gasteiger charge is 2.24. The molecule has 162 valence electrons. The van der Waals surface area contributed by atoms with Crippen LogP contribution in [0.25, 0.3) is 10.2 Å². The summed E-state index contributed by atoms with van der Waals surface area (Å²) in [5.74, 6) is 0.460. The van der Waals surface area contributed by atoms with Gasteiger partial charge in [-0.25, -0.2) is 13.4 Å². The molecule has 0 aliphatic heterocycles. The smallest absolute Gasteiger partial charge is 0.244 e. The third-order valence-electron chi connectivity index (χ3n) is 4.65. The molecule has 0 radical (unpaired) electrons. The highest BCUT2D eigenvalue weighted by Crippen LogP contribution is 2.31. The van der Waals surface area contributed by atoms with E-state index in [2.05, 4.69) is 23.7 Å². The van der Waals surface area contributed by atoms with Crippen LogP contribution in [0.5, 0.6) is 5.75 Å². The van der Waals surface area contributed by atoms with E-state index >= 15 is 0 Å². The predicted molar refractivity (Wildman–Crippen MR) is 118 cm³/mol. The molecule has 1 aromatic heterocycles. The van der Waals surface area contributed by atoms with Crippen LogP contribution in [0.2, 0.25) is 0 Å². The molecule has 1 amide bonds. The van der Waals surface area contributed by atoms with E-state index in [-0.39, 0.29) is 12.5 Å². The number of nitrogens with zero attached hydrogens (tertiary/aromatic N) is 4. The first-order valence-corrected chi connectivity index (χ1v) is 12.3. The molecular formula is C19H30N4O4S2. The van der Waals surface area contributed by atoms with Crippen molar-refractivity contribution in [1.29, 1.82) is 0 Å². The summed E-state index contributed by atoms with van der Waals surface area (Å²) in [5.41, 5.74) is 0.783. The summed E-state index contributed by atoms with van der Waals surface area (Å²) in [6.45, 7) is 9.28. The highest BCUT2D eigenvalue weighted by atomic mass is 32.2. The molecule has 2 rings (SSSR count). The summed E-state index contributed by atoms with van der Waals surface area (Å²) < 4.78 is 31.0. The molecule has 0 spiro atoms. The molecule has 0 bridgehead atoms. The van der Waals surface area contributed by atoms with Crippen LogP contribution >= 0.6 is 11.3 Å². The van der Waals surface area contributed by atoms with Crippen LogP contribution < -0.4 is 9.64 Å². The van der Waals surface area contributed by atoms with Gasteiger partial charge in [0.25, 0.3) is 0 Å². The van der Waals surface area contributed by atoms with Gasteiger partial charge in [0, 0.05) is 20.1 Å². The molecule has 0 saturated heterocycles. The Hall–Kier alpha value is -1.75. The molecule has 0 aliphatic carbocycles. The normalized spacial score (nSPS) is 12.1. The van der Waals surface area contributed by atoms with Crippen molar-refractivity contribution in [3.8, 4) is 5.75 Å². The van der Waals surface area contributed by atoms with E-state index < -0.39 is 10.0 Å². The van der Waals surface area contributed by atoms with Crippen molar-refractivity contribution in [1.82, 2.24) is 14.2 Å². The van der Waals surface area contributed by atoms with Crippen molar-refractivity contribution in [2.24, 2.45) is 0 Å². The van der Waals surface area contributed by atoms with Crippen LogP contribution in [-0.4, -0.2) is 81.1 Å². The maximum atomic E-state index is 13.0. The SMILES string of the molecule is CCOc1ccc2nc(N(CCN(CC)CC)C(=O)CN(C)S(C)(=O)=O)sc2c1. The number of sulfonamides is 1.